The molecule has 0 unspecified atom stereocenters. The molecule has 0 aliphatic heterocycles. The Labute approximate surface area is 232 Å². The summed E-state index contributed by atoms with van der Waals surface area (Å²) in [5, 5.41) is 7.03. The third-order valence-corrected chi connectivity index (χ3v) is 7.83. The van der Waals surface area contributed by atoms with Crippen molar-refractivity contribution in [2.45, 2.75) is 0 Å². The maximum absolute atomic E-state index is 6.55. The van der Waals surface area contributed by atoms with E-state index in [1.807, 2.05) is 0 Å². The van der Waals surface area contributed by atoms with Crippen molar-refractivity contribution in [3.63, 3.8) is 0 Å². The van der Waals surface area contributed by atoms with Crippen LogP contribution in [0.2, 0.25) is 0 Å². The van der Waals surface area contributed by atoms with Crippen molar-refractivity contribution < 1.29 is 4.42 Å². The zero-order chi connectivity index (χ0) is 26.5. The standard InChI is InChI=1S/C38H25NO/c1-2-8-26(9-3-1)28-14-18-31(19-15-28)39(32-20-16-27-10-4-5-12-30(27)24-32)33-21-23-35-36-22-17-29-11-6-7-13-34(29)38(36)40-37(35)25-33/h1-25H. The number of furan rings is 1. The fourth-order valence-corrected chi connectivity index (χ4v) is 5.83. The van der Waals surface area contributed by atoms with Gasteiger partial charge in [-0.1, -0.05) is 103 Å². The van der Waals surface area contributed by atoms with Crippen molar-refractivity contribution in [3.05, 3.63) is 152 Å². The van der Waals surface area contributed by atoms with Gasteiger partial charge < -0.3 is 9.32 Å². The van der Waals surface area contributed by atoms with E-state index in [9.17, 15) is 0 Å². The maximum Gasteiger partial charge on any atom is 0.143 e. The molecular weight excluding hydrogens is 486 g/mol. The Morgan fingerprint density at radius 3 is 1.82 bits per heavy atom. The lowest BCUT2D eigenvalue weighted by Crippen LogP contribution is -2.09. The van der Waals surface area contributed by atoms with Gasteiger partial charge >= 0.3 is 0 Å². The minimum absolute atomic E-state index is 0.885. The van der Waals surface area contributed by atoms with Gasteiger partial charge in [0.05, 0.1) is 0 Å². The average Bonchev–Trinajstić information content (AvgIpc) is 3.40. The summed E-state index contributed by atoms with van der Waals surface area (Å²) in [7, 11) is 0. The van der Waals surface area contributed by atoms with E-state index >= 15 is 0 Å². The first-order valence-electron chi connectivity index (χ1n) is 13.6. The number of hydrogen-bond donors (Lipinski definition) is 0. The topological polar surface area (TPSA) is 16.4 Å². The van der Waals surface area contributed by atoms with E-state index in [2.05, 4.69) is 157 Å². The molecule has 0 radical (unpaired) electrons. The average molecular weight is 512 g/mol. The van der Waals surface area contributed by atoms with Crippen LogP contribution in [0.1, 0.15) is 0 Å². The molecule has 2 heteroatoms. The Kier molecular flexibility index (Phi) is 5.17. The van der Waals surface area contributed by atoms with Crippen LogP contribution in [-0.4, -0.2) is 0 Å². The SMILES string of the molecule is c1ccc(-c2ccc(N(c3ccc4ccccc4c3)c3ccc4c(c3)oc3c5ccccc5ccc43)cc2)cc1. The molecule has 0 saturated heterocycles. The number of fused-ring (bicyclic) bond motifs is 6. The van der Waals surface area contributed by atoms with E-state index in [4.69, 9.17) is 4.42 Å². The van der Waals surface area contributed by atoms with Gasteiger partial charge in [-0.3, -0.25) is 0 Å². The second-order valence-electron chi connectivity index (χ2n) is 10.2. The molecule has 0 N–H and O–H groups in total. The summed E-state index contributed by atoms with van der Waals surface area (Å²) >= 11 is 0. The Morgan fingerprint density at radius 2 is 0.975 bits per heavy atom. The maximum atomic E-state index is 6.55. The van der Waals surface area contributed by atoms with Crippen molar-refractivity contribution in [2.24, 2.45) is 0 Å². The minimum atomic E-state index is 0.885. The van der Waals surface area contributed by atoms with E-state index in [0.29, 0.717) is 0 Å². The van der Waals surface area contributed by atoms with Gasteiger partial charge in [-0.05, 0) is 69.8 Å². The predicted octanol–water partition coefficient (Wildman–Crippen LogP) is 11.0. The molecule has 188 valence electrons. The first kappa shape index (κ1) is 22.6. The predicted molar refractivity (Wildman–Crippen MR) is 169 cm³/mol. The van der Waals surface area contributed by atoms with Crippen molar-refractivity contribution >= 4 is 60.5 Å². The monoisotopic (exact) mass is 511 g/mol. The van der Waals surface area contributed by atoms with Gasteiger partial charge in [0.15, 0.2) is 0 Å². The zero-order valence-corrected chi connectivity index (χ0v) is 21.8. The van der Waals surface area contributed by atoms with Crippen LogP contribution < -0.4 is 4.90 Å². The van der Waals surface area contributed by atoms with Crippen LogP contribution in [0.4, 0.5) is 17.1 Å². The lowest BCUT2D eigenvalue weighted by Gasteiger charge is -2.26. The largest absolute Gasteiger partial charge is 0.455 e. The van der Waals surface area contributed by atoms with Crippen LogP contribution in [0.3, 0.4) is 0 Å². The summed E-state index contributed by atoms with van der Waals surface area (Å²) in [6, 6.07) is 53.8. The lowest BCUT2D eigenvalue weighted by molar-refractivity contribution is 0.672. The molecule has 1 aromatic heterocycles. The summed E-state index contributed by atoms with van der Waals surface area (Å²) in [6.07, 6.45) is 0. The van der Waals surface area contributed by atoms with E-state index in [-0.39, 0.29) is 0 Å². The zero-order valence-electron chi connectivity index (χ0n) is 21.8. The normalized spacial score (nSPS) is 11.5. The number of rotatable bonds is 4. The molecule has 0 amide bonds. The number of hydrogen-bond acceptors (Lipinski definition) is 2. The Hall–Kier alpha value is -5.34. The second kappa shape index (κ2) is 9.14. The molecule has 0 atom stereocenters. The summed E-state index contributed by atoms with van der Waals surface area (Å²) in [5.41, 5.74) is 7.48. The van der Waals surface area contributed by atoms with Crippen LogP contribution in [0.15, 0.2) is 156 Å². The Balaban J connectivity index is 1.31. The van der Waals surface area contributed by atoms with E-state index < -0.39 is 0 Å². The summed E-state index contributed by atoms with van der Waals surface area (Å²) in [4.78, 5) is 2.31. The van der Waals surface area contributed by atoms with Crippen molar-refractivity contribution in [3.8, 4) is 11.1 Å². The van der Waals surface area contributed by atoms with Gasteiger partial charge in [-0.25, -0.2) is 0 Å². The smallest absolute Gasteiger partial charge is 0.143 e. The number of nitrogens with zero attached hydrogens (tertiary/aromatic N) is 1. The lowest BCUT2D eigenvalue weighted by atomic mass is 10.0. The van der Waals surface area contributed by atoms with Crippen LogP contribution >= 0.6 is 0 Å². The van der Waals surface area contributed by atoms with Crippen molar-refractivity contribution in [2.75, 3.05) is 4.90 Å². The first-order chi connectivity index (χ1) is 19.8. The van der Waals surface area contributed by atoms with Gasteiger partial charge in [0.1, 0.15) is 11.2 Å². The fraction of sp³-hybridized carbons (Fsp3) is 0. The molecule has 0 fully saturated rings. The highest BCUT2D eigenvalue weighted by molar-refractivity contribution is 6.15. The highest BCUT2D eigenvalue weighted by atomic mass is 16.3. The number of anilines is 3. The Bertz CT molecular complexity index is 2160. The second-order valence-corrected chi connectivity index (χ2v) is 10.2. The molecule has 8 aromatic rings. The third-order valence-electron chi connectivity index (χ3n) is 7.83. The molecule has 0 aliphatic carbocycles. The van der Waals surface area contributed by atoms with E-state index in [0.717, 1.165) is 44.4 Å². The summed E-state index contributed by atoms with van der Waals surface area (Å²) in [6.45, 7) is 0. The third kappa shape index (κ3) is 3.73. The molecule has 0 aliphatic rings. The number of benzene rings is 7. The quantitative estimate of drug-likeness (QED) is 0.234. The van der Waals surface area contributed by atoms with Gasteiger partial charge in [0.25, 0.3) is 0 Å². The summed E-state index contributed by atoms with van der Waals surface area (Å²) < 4.78 is 6.55. The molecule has 40 heavy (non-hydrogen) atoms. The van der Waals surface area contributed by atoms with E-state index in [1.165, 1.54) is 27.3 Å². The molecule has 8 rings (SSSR count). The molecule has 0 saturated carbocycles. The van der Waals surface area contributed by atoms with Crippen molar-refractivity contribution in [1.82, 2.24) is 0 Å². The molecular formula is C38H25NO. The van der Waals surface area contributed by atoms with Crippen LogP contribution in [0.5, 0.6) is 0 Å². The first-order valence-corrected chi connectivity index (χ1v) is 13.6. The Morgan fingerprint density at radius 1 is 0.375 bits per heavy atom. The van der Waals surface area contributed by atoms with Crippen molar-refractivity contribution in [1.29, 1.82) is 0 Å². The highest BCUT2D eigenvalue weighted by Crippen LogP contribution is 2.41. The van der Waals surface area contributed by atoms with Crippen LogP contribution in [-0.2, 0) is 0 Å². The molecule has 0 spiro atoms. The molecule has 1 heterocycles. The van der Waals surface area contributed by atoms with Gasteiger partial charge in [0, 0.05) is 39.3 Å². The molecule has 0 bridgehead atoms. The van der Waals surface area contributed by atoms with Crippen LogP contribution in [0.25, 0.3) is 54.6 Å². The molecule has 2 nitrogen and oxygen atoms in total. The van der Waals surface area contributed by atoms with Gasteiger partial charge in [-0.2, -0.15) is 0 Å². The molecule has 7 aromatic carbocycles. The van der Waals surface area contributed by atoms with E-state index in [1.54, 1.807) is 0 Å². The summed E-state index contributed by atoms with van der Waals surface area (Å²) in [5.74, 6) is 0. The highest BCUT2D eigenvalue weighted by Gasteiger charge is 2.17. The fourth-order valence-electron chi connectivity index (χ4n) is 5.83. The minimum Gasteiger partial charge on any atom is -0.455 e. The van der Waals surface area contributed by atoms with Gasteiger partial charge in [-0.15, -0.1) is 0 Å². The van der Waals surface area contributed by atoms with Crippen LogP contribution in [0, 0.1) is 0 Å². The van der Waals surface area contributed by atoms with Gasteiger partial charge in [0.2, 0.25) is 0 Å².